The molecule has 0 saturated heterocycles. The van der Waals surface area contributed by atoms with Gasteiger partial charge in [0.25, 0.3) is 0 Å². The Bertz CT molecular complexity index is 3180. The zero-order valence-corrected chi connectivity index (χ0v) is 30.1. The first-order chi connectivity index (χ1) is 26.8. The predicted octanol–water partition coefficient (Wildman–Crippen LogP) is 14.9. The lowest BCUT2D eigenvalue weighted by atomic mass is 9.93. The number of fused-ring (bicyclic) bond motifs is 10. The normalized spacial score (nSPS) is 11.7. The van der Waals surface area contributed by atoms with Crippen molar-refractivity contribution in [2.75, 3.05) is 4.90 Å². The zero-order valence-electron chi connectivity index (χ0n) is 29.3. The molecule has 0 spiro atoms. The lowest BCUT2D eigenvalue weighted by Crippen LogP contribution is -2.10. The predicted molar refractivity (Wildman–Crippen MR) is 233 cm³/mol. The van der Waals surface area contributed by atoms with Crippen molar-refractivity contribution in [3.63, 3.8) is 0 Å². The summed E-state index contributed by atoms with van der Waals surface area (Å²) in [6, 6.07) is 70.5. The molecule has 0 amide bonds. The van der Waals surface area contributed by atoms with Crippen LogP contribution >= 0.6 is 11.3 Å². The van der Waals surface area contributed by atoms with E-state index in [1.54, 1.807) is 11.3 Å². The number of benzene rings is 10. The van der Waals surface area contributed by atoms with Crippen LogP contribution in [0.25, 0.3) is 85.8 Å². The van der Waals surface area contributed by atoms with Crippen LogP contribution in [0.4, 0.5) is 17.1 Å². The van der Waals surface area contributed by atoms with Gasteiger partial charge in [0, 0.05) is 22.6 Å². The number of anilines is 3. The van der Waals surface area contributed by atoms with Crippen LogP contribution in [0.5, 0.6) is 0 Å². The fraction of sp³-hybridized carbons (Fsp3) is 0. The summed E-state index contributed by atoms with van der Waals surface area (Å²) in [6.45, 7) is 0. The number of hydrogen-bond donors (Lipinski definition) is 0. The fourth-order valence-electron chi connectivity index (χ4n) is 8.32. The van der Waals surface area contributed by atoms with Crippen molar-refractivity contribution in [1.29, 1.82) is 0 Å². The van der Waals surface area contributed by atoms with Crippen molar-refractivity contribution in [3.8, 4) is 21.7 Å². The van der Waals surface area contributed by atoms with Gasteiger partial charge in [-0.3, -0.25) is 0 Å². The monoisotopic (exact) mass is 704 g/mol. The highest BCUT2D eigenvalue weighted by molar-refractivity contribution is 7.21. The van der Waals surface area contributed by atoms with E-state index < -0.39 is 0 Å². The second-order valence-corrected chi connectivity index (χ2v) is 15.0. The molecule has 0 N–H and O–H groups in total. The molecule has 1 heterocycles. The maximum Gasteiger partial charge on any atom is 0.124 e. The minimum Gasteiger partial charge on any atom is -0.310 e. The summed E-state index contributed by atoms with van der Waals surface area (Å²) in [5.41, 5.74) is 7.83. The molecule has 0 radical (unpaired) electrons. The molecular weight excluding hydrogens is 673 g/mol. The lowest BCUT2D eigenvalue weighted by molar-refractivity contribution is 1.29. The van der Waals surface area contributed by atoms with Crippen LogP contribution in [-0.2, 0) is 0 Å². The molecule has 0 aliphatic carbocycles. The van der Waals surface area contributed by atoms with E-state index >= 15 is 0 Å². The molecule has 10 aromatic carbocycles. The molecule has 0 aliphatic heterocycles. The molecule has 3 heteroatoms. The highest BCUT2D eigenvalue weighted by Crippen LogP contribution is 2.43. The van der Waals surface area contributed by atoms with Gasteiger partial charge >= 0.3 is 0 Å². The molecule has 0 unspecified atom stereocenters. The van der Waals surface area contributed by atoms with Crippen LogP contribution in [0.15, 0.2) is 194 Å². The molecular formula is C51H32N2S. The van der Waals surface area contributed by atoms with Crippen LogP contribution in [0.1, 0.15) is 0 Å². The molecule has 0 fully saturated rings. The van der Waals surface area contributed by atoms with Gasteiger partial charge < -0.3 is 4.90 Å². The Balaban J connectivity index is 1.11. The summed E-state index contributed by atoms with van der Waals surface area (Å²) < 4.78 is 1.17. The maximum atomic E-state index is 5.14. The SMILES string of the molecule is c1ccc(-c2nc3cc(N(c4ccc(-c5cc6ccccc6c6ccccc56)cc4)c4ccc5c6ccccc6c6ccccc6c5c4)ccc3s2)cc1. The van der Waals surface area contributed by atoms with Crippen LogP contribution in [0, 0.1) is 0 Å². The van der Waals surface area contributed by atoms with E-state index in [0.717, 1.165) is 33.1 Å². The minimum atomic E-state index is 0.998. The van der Waals surface area contributed by atoms with E-state index in [9.17, 15) is 0 Å². The Morgan fingerprint density at radius 1 is 0.352 bits per heavy atom. The summed E-state index contributed by atoms with van der Waals surface area (Å²) in [5.74, 6) is 0. The molecule has 252 valence electrons. The van der Waals surface area contributed by atoms with Crippen molar-refractivity contribution >= 4 is 92.5 Å². The van der Waals surface area contributed by atoms with Gasteiger partial charge in [0.15, 0.2) is 0 Å². The van der Waals surface area contributed by atoms with Gasteiger partial charge in [0.05, 0.1) is 10.2 Å². The summed E-state index contributed by atoms with van der Waals surface area (Å²) in [4.78, 5) is 7.52. The van der Waals surface area contributed by atoms with Gasteiger partial charge in [0.1, 0.15) is 5.01 Å². The van der Waals surface area contributed by atoms with Gasteiger partial charge in [-0.1, -0.05) is 146 Å². The highest BCUT2D eigenvalue weighted by Gasteiger charge is 2.18. The van der Waals surface area contributed by atoms with Crippen molar-refractivity contribution < 1.29 is 0 Å². The fourth-order valence-corrected chi connectivity index (χ4v) is 9.28. The standard InChI is InChI=1S/C51H32N2S/c1-2-12-34(13-3-1)51-52-49-32-38(27-29-50(49)54-51)53(37-26-28-46-43-19-8-7-17-41(43)42-18-9-11-21-45(42)48(46)31-37)36-24-22-33(23-25-36)47-30-35-14-4-5-15-39(35)40-16-6-10-20-44(40)47/h1-32H. The Morgan fingerprint density at radius 2 is 0.870 bits per heavy atom. The van der Waals surface area contributed by atoms with E-state index in [-0.39, 0.29) is 0 Å². The third-order valence-electron chi connectivity index (χ3n) is 10.8. The first-order valence-corrected chi connectivity index (χ1v) is 19.2. The van der Waals surface area contributed by atoms with Crippen LogP contribution in [0.2, 0.25) is 0 Å². The summed E-state index contributed by atoms with van der Waals surface area (Å²) >= 11 is 1.74. The first-order valence-electron chi connectivity index (χ1n) is 18.4. The number of hydrogen-bond acceptors (Lipinski definition) is 3. The van der Waals surface area contributed by atoms with Gasteiger partial charge in [-0.2, -0.15) is 0 Å². The minimum absolute atomic E-state index is 0.998. The van der Waals surface area contributed by atoms with E-state index in [4.69, 9.17) is 4.98 Å². The molecule has 0 aliphatic rings. The molecule has 54 heavy (non-hydrogen) atoms. The Hall–Kier alpha value is -6.81. The zero-order chi connectivity index (χ0) is 35.6. The maximum absolute atomic E-state index is 5.14. The smallest absolute Gasteiger partial charge is 0.124 e. The molecule has 1 aromatic heterocycles. The van der Waals surface area contributed by atoms with E-state index in [1.165, 1.54) is 69.7 Å². The van der Waals surface area contributed by atoms with Crippen LogP contribution in [0.3, 0.4) is 0 Å². The van der Waals surface area contributed by atoms with E-state index in [2.05, 4.69) is 199 Å². The second kappa shape index (κ2) is 12.4. The summed E-state index contributed by atoms with van der Waals surface area (Å²) in [5, 5.41) is 13.7. The van der Waals surface area contributed by atoms with Gasteiger partial charge in [0.2, 0.25) is 0 Å². The quantitative estimate of drug-likeness (QED) is 0.166. The first kappa shape index (κ1) is 30.8. The summed E-state index contributed by atoms with van der Waals surface area (Å²) in [6.07, 6.45) is 0. The van der Waals surface area contributed by atoms with Crippen molar-refractivity contribution in [2.24, 2.45) is 0 Å². The highest BCUT2D eigenvalue weighted by atomic mass is 32.1. The Labute approximate surface area is 316 Å². The number of rotatable bonds is 5. The molecule has 0 bridgehead atoms. The van der Waals surface area contributed by atoms with Gasteiger partial charge in [-0.05, 0) is 114 Å². The average molecular weight is 705 g/mol. The van der Waals surface area contributed by atoms with Crippen LogP contribution in [-0.4, -0.2) is 4.98 Å². The Kier molecular flexibility index (Phi) is 7.07. The third kappa shape index (κ3) is 4.97. The number of aromatic nitrogens is 1. The van der Waals surface area contributed by atoms with Gasteiger partial charge in [-0.25, -0.2) is 4.98 Å². The van der Waals surface area contributed by atoms with Crippen molar-refractivity contribution in [3.05, 3.63) is 194 Å². The molecule has 11 rings (SSSR count). The van der Waals surface area contributed by atoms with Crippen molar-refractivity contribution in [1.82, 2.24) is 4.98 Å². The van der Waals surface area contributed by atoms with Crippen LogP contribution < -0.4 is 4.90 Å². The third-order valence-corrected chi connectivity index (χ3v) is 11.9. The van der Waals surface area contributed by atoms with Gasteiger partial charge in [-0.15, -0.1) is 11.3 Å². The molecule has 0 atom stereocenters. The molecule has 2 nitrogen and oxygen atoms in total. The van der Waals surface area contributed by atoms with E-state index in [1.807, 2.05) is 0 Å². The second-order valence-electron chi connectivity index (χ2n) is 13.9. The lowest BCUT2D eigenvalue weighted by Gasteiger charge is -2.26. The molecule has 0 saturated carbocycles. The Morgan fingerprint density at radius 3 is 1.57 bits per heavy atom. The average Bonchev–Trinajstić information content (AvgIpc) is 3.68. The summed E-state index contributed by atoms with van der Waals surface area (Å²) in [7, 11) is 0. The largest absolute Gasteiger partial charge is 0.310 e. The number of thiazole rings is 1. The number of nitrogens with zero attached hydrogens (tertiary/aromatic N) is 2. The topological polar surface area (TPSA) is 16.1 Å². The van der Waals surface area contributed by atoms with E-state index in [0.29, 0.717) is 0 Å². The van der Waals surface area contributed by atoms with Crippen molar-refractivity contribution in [2.45, 2.75) is 0 Å². The molecule has 11 aromatic rings.